The Morgan fingerprint density at radius 3 is 3.21 bits per heavy atom. The second-order valence-electron chi connectivity index (χ2n) is 3.52. The van der Waals surface area contributed by atoms with Crippen LogP contribution in [0.2, 0.25) is 0 Å². The summed E-state index contributed by atoms with van der Waals surface area (Å²) in [6.45, 7) is 0. The largest absolute Gasteiger partial charge is 0.364 e. The number of nitrogens with zero attached hydrogens (tertiary/aromatic N) is 1. The summed E-state index contributed by atoms with van der Waals surface area (Å²) in [5.74, 6) is 0. The number of hydrogen-bond donors (Lipinski definition) is 1. The number of nitrogens with one attached hydrogen (secondary N) is 1. The molecule has 0 aromatic heterocycles. The molecule has 0 bridgehead atoms. The van der Waals surface area contributed by atoms with Crippen molar-refractivity contribution in [2.45, 2.75) is 0 Å². The Bertz CT molecular complexity index is 447. The van der Waals surface area contributed by atoms with Crippen LogP contribution in [0, 0.1) is 5.41 Å². The molecule has 0 aromatic rings. The van der Waals surface area contributed by atoms with Gasteiger partial charge in [0.2, 0.25) is 0 Å². The fraction of sp³-hybridized carbons (Fsp3) is 0.0833. The van der Waals surface area contributed by atoms with Gasteiger partial charge in [-0.25, -0.2) is 0 Å². The van der Waals surface area contributed by atoms with Crippen LogP contribution in [0.3, 0.4) is 0 Å². The summed E-state index contributed by atoms with van der Waals surface area (Å²) < 4.78 is 0. The molecule has 0 radical (unpaired) electrons. The van der Waals surface area contributed by atoms with E-state index in [1.165, 1.54) is 11.3 Å². The van der Waals surface area contributed by atoms with Crippen molar-refractivity contribution < 1.29 is 0 Å². The highest BCUT2D eigenvalue weighted by atomic mass is 14.9. The summed E-state index contributed by atoms with van der Waals surface area (Å²) in [5, 5.41) is 3.26. The molecule has 1 atom stereocenters. The normalized spacial score (nSPS) is 31.4. The summed E-state index contributed by atoms with van der Waals surface area (Å²) >= 11 is 0. The van der Waals surface area contributed by atoms with Crippen LogP contribution in [0.15, 0.2) is 65.1 Å². The van der Waals surface area contributed by atoms with Crippen molar-refractivity contribution in [2.24, 2.45) is 10.4 Å². The van der Waals surface area contributed by atoms with Gasteiger partial charge in [0.25, 0.3) is 0 Å². The molecule has 0 fully saturated rings. The SMILES string of the molecule is C1=CC2=CC=NC=CC23C=CNC3=C1. The molecule has 0 saturated carbocycles. The molecule has 0 amide bonds. The van der Waals surface area contributed by atoms with Crippen LogP contribution in [0.5, 0.6) is 0 Å². The van der Waals surface area contributed by atoms with Crippen LogP contribution < -0.4 is 5.32 Å². The first-order valence-electron chi connectivity index (χ1n) is 4.67. The fourth-order valence-electron chi connectivity index (χ4n) is 2.06. The summed E-state index contributed by atoms with van der Waals surface area (Å²) in [6, 6.07) is 0. The monoisotopic (exact) mass is 182 g/mol. The molecule has 2 heterocycles. The molecule has 1 aliphatic carbocycles. The fourth-order valence-corrected chi connectivity index (χ4v) is 2.06. The molecule has 68 valence electrons. The van der Waals surface area contributed by atoms with Gasteiger partial charge in [0.1, 0.15) is 0 Å². The average Bonchev–Trinajstić information content (AvgIpc) is 2.50. The minimum atomic E-state index is -0.0920. The molecule has 14 heavy (non-hydrogen) atoms. The van der Waals surface area contributed by atoms with E-state index in [0.29, 0.717) is 0 Å². The summed E-state index contributed by atoms with van der Waals surface area (Å²) in [6.07, 6.45) is 18.3. The Labute approximate surface area is 82.7 Å². The smallest absolute Gasteiger partial charge is 0.0748 e. The molecule has 1 spiro atoms. The standard InChI is InChI=1S/C12H10N2/c1-2-10-4-7-13-8-5-12(10)6-9-14-11(12)3-1/h1-9,14H. The van der Waals surface area contributed by atoms with E-state index in [-0.39, 0.29) is 5.41 Å². The first kappa shape index (κ1) is 7.56. The maximum absolute atomic E-state index is 4.15. The van der Waals surface area contributed by atoms with E-state index in [9.17, 15) is 0 Å². The van der Waals surface area contributed by atoms with Crippen molar-refractivity contribution in [1.82, 2.24) is 5.32 Å². The van der Waals surface area contributed by atoms with Crippen LogP contribution in [0.1, 0.15) is 0 Å². The topological polar surface area (TPSA) is 24.4 Å². The van der Waals surface area contributed by atoms with Crippen LogP contribution in [0.25, 0.3) is 0 Å². The average molecular weight is 182 g/mol. The minimum Gasteiger partial charge on any atom is -0.364 e. The molecule has 0 saturated heterocycles. The first-order valence-corrected chi connectivity index (χ1v) is 4.67. The Morgan fingerprint density at radius 2 is 2.21 bits per heavy atom. The van der Waals surface area contributed by atoms with Gasteiger partial charge < -0.3 is 5.32 Å². The third-order valence-electron chi connectivity index (χ3n) is 2.81. The quantitative estimate of drug-likeness (QED) is 0.609. The van der Waals surface area contributed by atoms with E-state index in [4.69, 9.17) is 0 Å². The van der Waals surface area contributed by atoms with E-state index >= 15 is 0 Å². The number of allylic oxidation sites excluding steroid dienone is 5. The van der Waals surface area contributed by atoms with Crippen LogP contribution in [0.4, 0.5) is 0 Å². The second-order valence-corrected chi connectivity index (χ2v) is 3.52. The molecule has 3 rings (SSSR count). The van der Waals surface area contributed by atoms with Crippen molar-refractivity contribution in [1.29, 1.82) is 0 Å². The van der Waals surface area contributed by atoms with Crippen molar-refractivity contribution in [3.05, 3.63) is 60.1 Å². The molecule has 1 unspecified atom stereocenters. The third-order valence-corrected chi connectivity index (χ3v) is 2.81. The zero-order valence-electron chi connectivity index (χ0n) is 7.64. The molecular weight excluding hydrogens is 172 g/mol. The van der Waals surface area contributed by atoms with Gasteiger partial charge in [0, 0.05) is 18.1 Å². The lowest BCUT2D eigenvalue weighted by Crippen LogP contribution is -2.23. The van der Waals surface area contributed by atoms with E-state index in [1.54, 1.807) is 0 Å². The highest BCUT2D eigenvalue weighted by Crippen LogP contribution is 2.43. The van der Waals surface area contributed by atoms with Gasteiger partial charge in [-0.15, -0.1) is 0 Å². The van der Waals surface area contributed by atoms with Crippen LogP contribution in [-0.2, 0) is 0 Å². The van der Waals surface area contributed by atoms with Gasteiger partial charge in [-0.3, -0.25) is 4.99 Å². The number of hydrogen-bond acceptors (Lipinski definition) is 2. The Kier molecular flexibility index (Phi) is 1.39. The van der Waals surface area contributed by atoms with Crippen LogP contribution >= 0.6 is 0 Å². The Hall–Kier alpha value is -1.83. The van der Waals surface area contributed by atoms with E-state index in [2.05, 4.69) is 46.8 Å². The summed E-state index contributed by atoms with van der Waals surface area (Å²) in [7, 11) is 0. The summed E-state index contributed by atoms with van der Waals surface area (Å²) in [4.78, 5) is 4.15. The summed E-state index contributed by atoms with van der Waals surface area (Å²) in [5.41, 5.74) is 2.37. The number of aliphatic imine (C=N–C) groups is 1. The van der Waals surface area contributed by atoms with Gasteiger partial charge >= 0.3 is 0 Å². The second kappa shape index (κ2) is 2.58. The molecule has 3 aliphatic rings. The van der Waals surface area contributed by atoms with Gasteiger partial charge in [0.15, 0.2) is 0 Å². The highest BCUT2D eigenvalue weighted by molar-refractivity contribution is 5.77. The zero-order valence-corrected chi connectivity index (χ0v) is 7.64. The number of rotatable bonds is 0. The molecule has 2 heteroatoms. The van der Waals surface area contributed by atoms with E-state index in [0.717, 1.165) is 0 Å². The van der Waals surface area contributed by atoms with Crippen molar-refractivity contribution in [3.63, 3.8) is 0 Å². The first-order chi connectivity index (χ1) is 6.92. The van der Waals surface area contributed by atoms with Gasteiger partial charge in [0.05, 0.1) is 5.41 Å². The van der Waals surface area contributed by atoms with Crippen molar-refractivity contribution in [2.75, 3.05) is 0 Å². The molecule has 0 aromatic carbocycles. The van der Waals surface area contributed by atoms with Crippen LogP contribution in [-0.4, -0.2) is 6.21 Å². The lowest BCUT2D eigenvalue weighted by Gasteiger charge is -2.28. The molecular formula is C12H10N2. The Balaban J connectivity index is 2.25. The maximum atomic E-state index is 4.15. The lowest BCUT2D eigenvalue weighted by atomic mass is 9.76. The predicted molar refractivity (Wildman–Crippen MR) is 57.6 cm³/mol. The molecule has 1 N–H and O–H groups in total. The molecule has 2 aliphatic heterocycles. The van der Waals surface area contributed by atoms with E-state index in [1.807, 2.05) is 18.6 Å². The predicted octanol–water partition coefficient (Wildman–Crippen LogP) is 2.07. The maximum Gasteiger partial charge on any atom is 0.0748 e. The van der Waals surface area contributed by atoms with E-state index < -0.39 is 0 Å². The highest BCUT2D eigenvalue weighted by Gasteiger charge is 2.36. The van der Waals surface area contributed by atoms with Crippen molar-refractivity contribution in [3.8, 4) is 0 Å². The van der Waals surface area contributed by atoms with Gasteiger partial charge in [-0.05, 0) is 36.1 Å². The molecule has 2 nitrogen and oxygen atoms in total. The Morgan fingerprint density at radius 1 is 1.21 bits per heavy atom. The van der Waals surface area contributed by atoms with Crippen molar-refractivity contribution >= 4 is 6.21 Å². The van der Waals surface area contributed by atoms with Gasteiger partial charge in [-0.1, -0.05) is 12.2 Å². The van der Waals surface area contributed by atoms with Gasteiger partial charge in [-0.2, -0.15) is 0 Å². The zero-order chi connectivity index (χ0) is 9.43. The lowest BCUT2D eigenvalue weighted by molar-refractivity contribution is 0.705. The minimum absolute atomic E-state index is 0.0920. The third kappa shape index (κ3) is 0.826.